The molecule has 3 aliphatic rings. The van der Waals surface area contributed by atoms with Crippen molar-refractivity contribution >= 4 is 28.8 Å². The van der Waals surface area contributed by atoms with Crippen LogP contribution in [0.15, 0.2) is 23.0 Å². The van der Waals surface area contributed by atoms with Gasteiger partial charge in [0, 0.05) is 30.2 Å². The molecule has 0 saturated heterocycles. The number of nitrogens with zero attached hydrogens (tertiary/aromatic N) is 2. The van der Waals surface area contributed by atoms with Gasteiger partial charge in [-0.1, -0.05) is 0 Å². The molecule has 0 aromatic heterocycles. The van der Waals surface area contributed by atoms with Crippen LogP contribution in [0.5, 0.6) is 5.75 Å². The van der Waals surface area contributed by atoms with E-state index >= 15 is 0 Å². The van der Waals surface area contributed by atoms with Crippen LogP contribution in [-0.4, -0.2) is 75.5 Å². The summed E-state index contributed by atoms with van der Waals surface area (Å²) in [6.07, 6.45) is -0.136. The van der Waals surface area contributed by atoms with Crippen molar-refractivity contribution in [3.63, 3.8) is 0 Å². The summed E-state index contributed by atoms with van der Waals surface area (Å²) in [7, 11) is 4.53. The van der Waals surface area contributed by atoms with E-state index in [2.05, 4.69) is 5.32 Å². The number of carbonyl (C=O) groups is 2. The number of aliphatic hydroxyl groups is 3. The first-order valence-electron chi connectivity index (χ1n) is 10.3. The van der Waals surface area contributed by atoms with E-state index in [9.17, 15) is 39.8 Å². The second kappa shape index (κ2) is 7.29. The van der Waals surface area contributed by atoms with E-state index < -0.39 is 69.5 Å². The third kappa shape index (κ3) is 2.82. The van der Waals surface area contributed by atoms with E-state index in [1.165, 1.54) is 11.9 Å². The van der Waals surface area contributed by atoms with Gasteiger partial charge in [-0.15, -0.1) is 5.71 Å². The molecule has 1 amide bonds. The lowest BCUT2D eigenvalue weighted by atomic mass is 9.57. The number of halogens is 1. The number of likely N-dealkylation sites (N-methyl/N-ethyl adjacent to an activating group) is 1. The molecule has 4 rings (SSSR count). The molecular weight excluding hydrogens is 435 g/mol. The molecule has 0 bridgehead atoms. The van der Waals surface area contributed by atoms with Gasteiger partial charge in [0.25, 0.3) is 5.91 Å². The van der Waals surface area contributed by atoms with Crippen molar-refractivity contribution in [2.45, 2.75) is 24.5 Å². The summed E-state index contributed by atoms with van der Waals surface area (Å²) in [5, 5.41) is 57.1. The molecule has 33 heavy (non-hydrogen) atoms. The number of benzene rings is 1. The summed E-state index contributed by atoms with van der Waals surface area (Å²) in [4.78, 5) is 27.1. The summed E-state index contributed by atoms with van der Waals surface area (Å²) < 4.78 is 14.8. The second-order valence-corrected chi connectivity index (χ2v) is 8.84. The molecule has 11 heteroatoms. The van der Waals surface area contributed by atoms with Gasteiger partial charge < -0.3 is 36.9 Å². The summed E-state index contributed by atoms with van der Waals surface area (Å²) in [5.41, 5.74) is 0.135. The van der Waals surface area contributed by atoms with E-state index in [1.54, 1.807) is 14.1 Å². The number of ketones is 1. The van der Waals surface area contributed by atoms with Crippen molar-refractivity contribution < 1.29 is 34.4 Å². The smallest absolute Gasteiger partial charge is 0.250 e. The summed E-state index contributed by atoms with van der Waals surface area (Å²) in [5.74, 6) is -6.78. The van der Waals surface area contributed by atoms with Gasteiger partial charge >= 0.3 is 0 Å². The molecule has 176 valence electrons. The van der Waals surface area contributed by atoms with Gasteiger partial charge in [0.15, 0.2) is 5.78 Å². The number of phenolic OH excluding ortho intramolecular Hbond substituents is 1. The van der Waals surface area contributed by atoms with Crippen LogP contribution in [0.3, 0.4) is 0 Å². The van der Waals surface area contributed by atoms with Crippen LogP contribution in [0.25, 0.3) is 11.2 Å². The highest BCUT2D eigenvalue weighted by atomic mass is 19.1. The zero-order valence-electron chi connectivity index (χ0n) is 18.2. The number of primary amides is 1. The van der Waals surface area contributed by atoms with Gasteiger partial charge in [-0.05, 0) is 32.9 Å². The highest BCUT2D eigenvalue weighted by Crippen LogP contribution is 2.53. The Morgan fingerprint density at radius 3 is 2.52 bits per heavy atom. The lowest BCUT2D eigenvalue weighted by Crippen LogP contribution is -2.66. The zero-order valence-corrected chi connectivity index (χ0v) is 18.2. The Morgan fingerprint density at radius 2 is 1.97 bits per heavy atom. The molecule has 0 heterocycles. The highest BCUT2D eigenvalue weighted by Gasteiger charge is 2.60. The van der Waals surface area contributed by atoms with Crippen molar-refractivity contribution in [2.24, 2.45) is 17.6 Å². The maximum Gasteiger partial charge on any atom is 0.250 e. The zero-order chi connectivity index (χ0) is 24.6. The van der Waals surface area contributed by atoms with Gasteiger partial charge in [0.2, 0.25) is 0 Å². The second-order valence-electron chi connectivity index (χ2n) is 8.84. The molecule has 1 aromatic carbocycles. The van der Waals surface area contributed by atoms with E-state index in [0.717, 1.165) is 6.07 Å². The lowest BCUT2D eigenvalue weighted by molar-refractivity contribution is -0.138. The number of amides is 1. The number of aliphatic hydroxyl groups excluding tert-OH is 2. The molecule has 10 nitrogen and oxygen atoms in total. The van der Waals surface area contributed by atoms with E-state index in [4.69, 9.17) is 5.73 Å². The minimum Gasteiger partial charge on any atom is -0.804 e. The van der Waals surface area contributed by atoms with Crippen LogP contribution in [0.4, 0.5) is 10.1 Å². The van der Waals surface area contributed by atoms with Gasteiger partial charge in [0.1, 0.15) is 28.7 Å². The molecule has 7 N–H and O–H groups in total. The van der Waals surface area contributed by atoms with Crippen molar-refractivity contribution in [1.29, 1.82) is 0 Å². The first kappa shape index (κ1) is 22.7. The number of hydrogen-bond donors (Lipinski definition) is 6. The molecule has 0 radical (unpaired) electrons. The number of fused-ring (bicyclic) bond motifs is 3. The van der Waals surface area contributed by atoms with E-state index in [0.29, 0.717) is 0 Å². The predicted molar refractivity (Wildman–Crippen MR) is 117 cm³/mol. The van der Waals surface area contributed by atoms with Gasteiger partial charge in [-0.2, -0.15) is 0 Å². The summed E-state index contributed by atoms with van der Waals surface area (Å²) >= 11 is 0. The van der Waals surface area contributed by atoms with Crippen LogP contribution < -0.4 is 11.1 Å². The fourth-order valence-corrected chi connectivity index (χ4v) is 5.48. The van der Waals surface area contributed by atoms with Crippen LogP contribution >= 0.6 is 0 Å². The average Bonchev–Trinajstić information content (AvgIpc) is 2.72. The Balaban J connectivity index is 1.97. The van der Waals surface area contributed by atoms with Gasteiger partial charge in [-0.3, -0.25) is 14.5 Å². The monoisotopic (exact) mass is 459 g/mol. The molecule has 1 fully saturated rings. The normalized spacial score (nSPS) is 29.1. The van der Waals surface area contributed by atoms with Crippen LogP contribution in [0.2, 0.25) is 0 Å². The van der Waals surface area contributed by atoms with E-state index in [-0.39, 0.29) is 35.2 Å². The minimum absolute atomic E-state index is 0.000933. The maximum atomic E-state index is 14.8. The molecule has 0 spiro atoms. The number of rotatable bonds is 3. The predicted octanol–water partition coefficient (Wildman–Crippen LogP) is 0.586. The number of nitrogens with two attached hydrogens (primary N) is 1. The number of Topliss-reactive ketones (excluding diaryl/α,β-unsaturated/α-hetero) is 1. The standard InChI is InChI=1S/C22H24FN4O6/c1-26-11-6-10(23)8-4-7-5-9-15(27(2)3)18(30)14(21(25)32)19(24)22(9,33)20(31)12(7)17(29)13(8)16(11)28/h6-7,9,15,26,28-30,33H,4-5H2,1-3H3,(H2,25,32)/q-1/t7-,9-,15-,22+/m0/s1. The van der Waals surface area contributed by atoms with Crippen LogP contribution in [0.1, 0.15) is 17.5 Å². The molecule has 3 aliphatic carbocycles. The van der Waals surface area contributed by atoms with Crippen molar-refractivity contribution in [3.05, 3.63) is 45.3 Å². The summed E-state index contributed by atoms with van der Waals surface area (Å²) in [6.45, 7) is 0. The molecule has 4 atom stereocenters. The maximum absolute atomic E-state index is 14.8. The number of nitrogens with one attached hydrogen (secondary N) is 1. The number of anilines is 1. The molecule has 1 saturated carbocycles. The first-order valence-corrected chi connectivity index (χ1v) is 10.3. The lowest BCUT2D eigenvalue weighted by Gasteiger charge is -2.54. The quantitative estimate of drug-likeness (QED) is 0.355. The average molecular weight is 459 g/mol. The topological polar surface area (TPSA) is 179 Å². The number of carbonyl (C=O) groups excluding carboxylic acids is 2. The number of phenols is 1. The first-order chi connectivity index (χ1) is 15.4. The van der Waals surface area contributed by atoms with Crippen molar-refractivity contribution in [1.82, 2.24) is 4.90 Å². The Hall–Kier alpha value is -3.44. The third-order valence-electron chi connectivity index (χ3n) is 6.96. The van der Waals surface area contributed by atoms with Crippen LogP contribution in [-0.2, 0) is 16.0 Å². The van der Waals surface area contributed by atoms with Gasteiger partial charge in [0.05, 0.1) is 22.9 Å². The van der Waals surface area contributed by atoms with Crippen molar-refractivity contribution in [2.75, 3.05) is 26.5 Å². The van der Waals surface area contributed by atoms with E-state index in [1.807, 2.05) is 0 Å². The largest absolute Gasteiger partial charge is 0.804 e. The summed E-state index contributed by atoms with van der Waals surface area (Å²) in [6, 6.07) is -0.00314. The Labute approximate surface area is 188 Å². The Kier molecular flexibility index (Phi) is 5.02. The molecule has 0 unspecified atom stereocenters. The van der Waals surface area contributed by atoms with Gasteiger partial charge in [-0.25, -0.2) is 4.39 Å². The Morgan fingerprint density at radius 1 is 1.33 bits per heavy atom. The third-order valence-corrected chi connectivity index (χ3v) is 6.96. The SMILES string of the molecule is CNc1cc(F)c2c(c1O)C(O)=C1C(=O)[C@]3(O)C(=[N-])C(C(N)=O)=C(O)[C@@H](N(C)C)[C@@H]3C[C@@H]1C2. The Bertz CT molecular complexity index is 1190. The fourth-order valence-electron chi connectivity index (χ4n) is 5.48. The van der Waals surface area contributed by atoms with Crippen molar-refractivity contribution in [3.8, 4) is 5.75 Å². The fraction of sp³-hybridized carbons (Fsp3) is 0.409. The molecule has 0 aliphatic heterocycles. The number of aromatic hydroxyl groups is 1. The van der Waals surface area contributed by atoms with Crippen LogP contribution in [0, 0.1) is 17.7 Å². The molecule has 1 aromatic rings. The highest BCUT2D eigenvalue weighted by molar-refractivity contribution is 6.35. The number of hydrogen-bond acceptors (Lipinski definition) is 8. The minimum atomic E-state index is -2.68. The molecular formula is C22H24FN4O6-.